The van der Waals surface area contributed by atoms with Gasteiger partial charge in [0, 0.05) is 21.8 Å². The van der Waals surface area contributed by atoms with Crippen molar-refractivity contribution in [2.45, 2.75) is 13.8 Å². The van der Waals surface area contributed by atoms with E-state index in [1.54, 1.807) is 36.4 Å². The second-order valence-electron chi connectivity index (χ2n) is 6.30. The number of anilines is 2. The lowest BCUT2D eigenvalue weighted by Crippen LogP contribution is -2.33. The molecule has 0 saturated carbocycles. The summed E-state index contributed by atoms with van der Waals surface area (Å²) >= 11 is 3.35. The number of carbonyl (C=O) groups is 2. The molecule has 2 amide bonds. The third kappa shape index (κ3) is 3.43. The van der Waals surface area contributed by atoms with Gasteiger partial charge in [-0.05, 0) is 44.2 Å². The fourth-order valence-electron chi connectivity index (χ4n) is 2.27. The average molecular weight is 389 g/mol. The first kappa shape index (κ1) is 16.5. The molecule has 0 fully saturated rings. The summed E-state index contributed by atoms with van der Waals surface area (Å²) in [6.07, 6.45) is 0. The molecule has 0 saturated heterocycles. The van der Waals surface area contributed by atoms with E-state index in [0.717, 1.165) is 4.47 Å². The molecule has 24 heavy (non-hydrogen) atoms. The van der Waals surface area contributed by atoms with Crippen LogP contribution in [0.1, 0.15) is 24.2 Å². The fourth-order valence-corrected chi connectivity index (χ4v) is 2.67. The van der Waals surface area contributed by atoms with Crippen molar-refractivity contribution in [3.63, 3.8) is 0 Å². The van der Waals surface area contributed by atoms with Gasteiger partial charge in [-0.2, -0.15) is 0 Å². The van der Waals surface area contributed by atoms with Crippen LogP contribution in [0.15, 0.2) is 46.9 Å². The molecule has 2 aromatic carbocycles. The van der Waals surface area contributed by atoms with E-state index in [0.29, 0.717) is 22.7 Å². The summed E-state index contributed by atoms with van der Waals surface area (Å²) in [6.45, 7) is 3.92. The second-order valence-corrected chi connectivity index (χ2v) is 7.22. The first-order valence-corrected chi connectivity index (χ1v) is 8.30. The summed E-state index contributed by atoms with van der Waals surface area (Å²) in [7, 11) is 0. The van der Waals surface area contributed by atoms with Crippen LogP contribution in [0.5, 0.6) is 5.75 Å². The maximum absolute atomic E-state index is 12.3. The lowest BCUT2D eigenvalue weighted by atomic mass is 9.94. The van der Waals surface area contributed by atoms with E-state index < -0.39 is 5.41 Å². The molecule has 2 aromatic rings. The Morgan fingerprint density at radius 1 is 1.25 bits per heavy atom. The molecule has 5 nitrogen and oxygen atoms in total. The number of benzene rings is 2. The Bertz CT molecular complexity index is 818. The highest BCUT2D eigenvalue weighted by atomic mass is 79.9. The lowest BCUT2D eigenvalue weighted by Gasteiger charge is -2.18. The Kier molecular flexibility index (Phi) is 4.32. The number of fused-ring (bicyclic) bond motifs is 1. The Balaban J connectivity index is 1.81. The number of amides is 2. The summed E-state index contributed by atoms with van der Waals surface area (Å²) in [5.74, 6) is 0.238. The van der Waals surface area contributed by atoms with Gasteiger partial charge in [0.2, 0.25) is 5.91 Å². The largest absolute Gasteiger partial charge is 0.490 e. The maximum Gasteiger partial charge on any atom is 0.255 e. The molecule has 1 heterocycles. The molecule has 0 aliphatic carbocycles. The minimum atomic E-state index is -0.612. The summed E-state index contributed by atoms with van der Waals surface area (Å²) in [4.78, 5) is 24.4. The topological polar surface area (TPSA) is 67.4 Å². The number of halogens is 1. The van der Waals surface area contributed by atoms with Gasteiger partial charge in [-0.25, -0.2) is 0 Å². The van der Waals surface area contributed by atoms with Crippen molar-refractivity contribution in [3.8, 4) is 5.75 Å². The van der Waals surface area contributed by atoms with Crippen LogP contribution < -0.4 is 15.4 Å². The Hall–Kier alpha value is -2.34. The van der Waals surface area contributed by atoms with Crippen molar-refractivity contribution >= 4 is 39.1 Å². The summed E-state index contributed by atoms with van der Waals surface area (Å²) < 4.78 is 6.58. The molecule has 6 heteroatoms. The standard InChI is InChI=1S/C18H17BrN2O3/c1-18(2)10-24-15-9-13(6-7-14(15)21-17(18)23)20-16(22)11-4-3-5-12(19)8-11/h3-9H,10H2,1-2H3,(H,20,22)(H,21,23). The molecule has 124 valence electrons. The van der Waals surface area contributed by atoms with E-state index in [2.05, 4.69) is 26.6 Å². The normalized spacial score (nSPS) is 15.5. The molecular weight excluding hydrogens is 372 g/mol. The third-order valence-electron chi connectivity index (χ3n) is 3.78. The monoisotopic (exact) mass is 388 g/mol. The van der Waals surface area contributed by atoms with Crippen LogP contribution in [-0.4, -0.2) is 18.4 Å². The number of hydrogen-bond acceptors (Lipinski definition) is 3. The fraction of sp³-hybridized carbons (Fsp3) is 0.222. The highest BCUT2D eigenvalue weighted by molar-refractivity contribution is 9.10. The van der Waals surface area contributed by atoms with Crippen molar-refractivity contribution in [2.75, 3.05) is 17.2 Å². The number of nitrogens with one attached hydrogen (secondary N) is 2. The maximum atomic E-state index is 12.3. The van der Waals surface area contributed by atoms with Crippen LogP contribution in [-0.2, 0) is 4.79 Å². The van der Waals surface area contributed by atoms with E-state index in [-0.39, 0.29) is 18.4 Å². The molecule has 2 N–H and O–H groups in total. The smallest absolute Gasteiger partial charge is 0.255 e. The zero-order chi connectivity index (χ0) is 17.3. The Morgan fingerprint density at radius 2 is 2.04 bits per heavy atom. The predicted octanol–water partition coefficient (Wildman–Crippen LogP) is 4.06. The zero-order valence-electron chi connectivity index (χ0n) is 13.4. The van der Waals surface area contributed by atoms with Crippen molar-refractivity contribution < 1.29 is 14.3 Å². The van der Waals surface area contributed by atoms with E-state index in [1.807, 2.05) is 19.9 Å². The van der Waals surface area contributed by atoms with Crippen LogP contribution in [0.2, 0.25) is 0 Å². The van der Waals surface area contributed by atoms with E-state index >= 15 is 0 Å². The second kappa shape index (κ2) is 6.28. The first-order valence-electron chi connectivity index (χ1n) is 7.50. The quantitative estimate of drug-likeness (QED) is 0.814. The van der Waals surface area contributed by atoms with Crippen LogP contribution >= 0.6 is 15.9 Å². The van der Waals surface area contributed by atoms with Crippen LogP contribution in [0.3, 0.4) is 0 Å². The van der Waals surface area contributed by atoms with Gasteiger partial charge in [0.15, 0.2) is 0 Å². The van der Waals surface area contributed by atoms with E-state index in [1.165, 1.54) is 0 Å². The molecule has 3 rings (SSSR count). The predicted molar refractivity (Wildman–Crippen MR) is 96.4 cm³/mol. The van der Waals surface area contributed by atoms with Gasteiger partial charge in [-0.15, -0.1) is 0 Å². The summed E-state index contributed by atoms with van der Waals surface area (Å²) in [5.41, 5.74) is 1.15. The summed E-state index contributed by atoms with van der Waals surface area (Å²) in [6, 6.07) is 12.3. The molecular formula is C18H17BrN2O3. The zero-order valence-corrected chi connectivity index (χ0v) is 14.9. The van der Waals surface area contributed by atoms with Gasteiger partial charge in [-0.3, -0.25) is 9.59 Å². The summed E-state index contributed by atoms with van der Waals surface area (Å²) in [5, 5.41) is 5.68. The van der Waals surface area contributed by atoms with Gasteiger partial charge in [0.25, 0.3) is 5.91 Å². The van der Waals surface area contributed by atoms with Gasteiger partial charge in [0.1, 0.15) is 12.4 Å². The molecule has 0 unspecified atom stereocenters. The molecule has 0 atom stereocenters. The first-order chi connectivity index (χ1) is 11.3. The van der Waals surface area contributed by atoms with Gasteiger partial charge < -0.3 is 15.4 Å². The average Bonchev–Trinajstić information content (AvgIpc) is 2.65. The van der Waals surface area contributed by atoms with E-state index in [4.69, 9.17) is 4.74 Å². The van der Waals surface area contributed by atoms with Crippen LogP contribution in [0, 0.1) is 5.41 Å². The number of carbonyl (C=O) groups excluding carboxylic acids is 2. The minimum Gasteiger partial charge on any atom is -0.490 e. The molecule has 1 aliphatic heterocycles. The van der Waals surface area contributed by atoms with Crippen molar-refractivity contribution in [3.05, 3.63) is 52.5 Å². The molecule has 0 radical (unpaired) electrons. The number of rotatable bonds is 2. The highest BCUT2D eigenvalue weighted by Crippen LogP contribution is 2.34. The van der Waals surface area contributed by atoms with Gasteiger partial charge in [0.05, 0.1) is 11.1 Å². The number of hydrogen-bond donors (Lipinski definition) is 2. The van der Waals surface area contributed by atoms with Crippen molar-refractivity contribution in [1.82, 2.24) is 0 Å². The molecule has 0 spiro atoms. The molecule has 1 aliphatic rings. The number of ether oxygens (including phenoxy) is 1. The van der Waals surface area contributed by atoms with Gasteiger partial charge >= 0.3 is 0 Å². The van der Waals surface area contributed by atoms with Crippen molar-refractivity contribution in [2.24, 2.45) is 5.41 Å². The SMILES string of the molecule is CC1(C)COc2cc(NC(=O)c3cccc(Br)c3)ccc2NC1=O. The van der Waals surface area contributed by atoms with Crippen LogP contribution in [0.4, 0.5) is 11.4 Å². The van der Waals surface area contributed by atoms with Crippen LogP contribution in [0.25, 0.3) is 0 Å². The molecule has 0 bridgehead atoms. The lowest BCUT2D eigenvalue weighted by molar-refractivity contribution is -0.124. The Morgan fingerprint density at radius 3 is 2.79 bits per heavy atom. The highest BCUT2D eigenvalue weighted by Gasteiger charge is 2.32. The minimum absolute atomic E-state index is 0.0906. The Labute approximate surface area is 148 Å². The van der Waals surface area contributed by atoms with Gasteiger partial charge in [-0.1, -0.05) is 22.0 Å². The third-order valence-corrected chi connectivity index (χ3v) is 4.27. The van der Waals surface area contributed by atoms with Crippen molar-refractivity contribution in [1.29, 1.82) is 0 Å². The molecule has 0 aromatic heterocycles. The van der Waals surface area contributed by atoms with E-state index in [9.17, 15) is 9.59 Å².